The molecule has 0 aliphatic heterocycles. The lowest BCUT2D eigenvalue weighted by molar-refractivity contribution is 0.104. The van der Waals surface area contributed by atoms with E-state index in [0.717, 1.165) is 16.9 Å². The number of methoxy groups -OCH3 is 1. The van der Waals surface area contributed by atoms with Crippen LogP contribution in [0.3, 0.4) is 0 Å². The monoisotopic (exact) mass is 296 g/mol. The Labute approximate surface area is 131 Å². The maximum atomic E-state index is 12.4. The first kappa shape index (κ1) is 15.8. The van der Waals surface area contributed by atoms with E-state index in [0.29, 0.717) is 17.9 Å². The predicted molar refractivity (Wildman–Crippen MR) is 88.7 cm³/mol. The van der Waals surface area contributed by atoms with Gasteiger partial charge >= 0.3 is 0 Å². The van der Waals surface area contributed by atoms with Crippen molar-refractivity contribution in [1.29, 1.82) is 0 Å². The van der Waals surface area contributed by atoms with Gasteiger partial charge in [0.2, 0.25) is 0 Å². The van der Waals surface area contributed by atoms with Gasteiger partial charge in [0.1, 0.15) is 11.5 Å². The average molecular weight is 296 g/mol. The lowest BCUT2D eigenvalue weighted by Gasteiger charge is -2.06. The highest BCUT2D eigenvalue weighted by Crippen LogP contribution is 2.21. The van der Waals surface area contributed by atoms with Gasteiger partial charge in [-0.15, -0.1) is 0 Å². The first-order valence-corrected chi connectivity index (χ1v) is 7.24. The van der Waals surface area contributed by atoms with Gasteiger partial charge in [0, 0.05) is 0 Å². The molecule has 0 atom stereocenters. The van der Waals surface area contributed by atoms with Crippen molar-refractivity contribution in [1.82, 2.24) is 0 Å². The lowest BCUT2D eigenvalue weighted by atomic mass is 10.1. The van der Waals surface area contributed by atoms with Crippen molar-refractivity contribution in [2.75, 3.05) is 13.7 Å². The average Bonchev–Trinajstić information content (AvgIpc) is 2.53. The van der Waals surface area contributed by atoms with Crippen molar-refractivity contribution in [2.45, 2.75) is 13.8 Å². The molecule has 2 rings (SSSR count). The van der Waals surface area contributed by atoms with Gasteiger partial charge in [-0.2, -0.15) is 0 Å². The van der Waals surface area contributed by atoms with Gasteiger partial charge in [-0.25, -0.2) is 0 Å². The minimum absolute atomic E-state index is 0.0811. The second-order valence-corrected chi connectivity index (χ2v) is 4.91. The quantitative estimate of drug-likeness (QED) is 0.589. The van der Waals surface area contributed by atoms with Gasteiger partial charge in [0.05, 0.1) is 19.3 Å². The minimum Gasteiger partial charge on any atom is -0.496 e. The smallest absolute Gasteiger partial charge is 0.189 e. The van der Waals surface area contributed by atoms with Crippen LogP contribution in [-0.4, -0.2) is 19.5 Å². The molecule has 0 aliphatic carbocycles. The van der Waals surface area contributed by atoms with Crippen molar-refractivity contribution >= 4 is 11.9 Å². The number of hydrogen-bond donors (Lipinski definition) is 0. The van der Waals surface area contributed by atoms with Crippen LogP contribution in [-0.2, 0) is 0 Å². The summed E-state index contributed by atoms with van der Waals surface area (Å²) in [6.07, 6.45) is 3.34. The molecule has 0 unspecified atom stereocenters. The normalized spacial score (nSPS) is 10.7. The number of ether oxygens (including phenoxy) is 2. The van der Waals surface area contributed by atoms with E-state index in [1.807, 2.05) is 56.3 Å². The van der Waals surface area contributed by atoms with Gasteiger partial charge in [0.15, 0.2) is 5.78 Å². The molecule has 3 nitrogen and oxygen atoms in total. The number of ketones is 1. The highest BCUT2D eigenvalue weighted by molar-refractivity contribution is 6.08. The molecule has 0 aliphatic rings. The third-order valence-electron chi connectivity index (χ3n) is 3.22. The van der Waals surface area contributed by atoms with Crippen molar-refractivity contribution in [3.63, 3.8) is 0 Å². The van der Waals surface area contributed by atoms with E-state index < -0.39 is 0 Å². The Morgan fingerprint density at radius 1 is 1.18 bits per heavy atom. The second kappa shape index (κ2) is 7.46. The summed E-state index contributed by atoms with van der Waals surface area (Å²) in [5.41, 5.74) is 2.52. The molecule has 3 heteroatoms. The van der Waals surface area contributed by atoms with Crippen LogP contribution in [0.1, 0.15) is 28.4 Å². The van der Waals surface area contributed by atoms with Gasteiger partial charge in [-0.05, 0) is 49.8 Å². The molecule has 0 saturated heterocycles. The second-order valence-electron chi connectivity index (χ2n) is 4.91. The maximum Gasteiger partial charge on any atom is 0.189 e. The van der Waals surface area contributed by atoms with Crippen LogP contribution >= 0.6 is 0 Å². The highest BCUT2D eigenvalue weighted by atomic mass is 16.5. The SMILES string of the molecule is CCOc1cccc(/C=C/C(=O)c2cc(C)ccc2OC)c1. The Kier molecular flexibility index (Phi) is 5.37. The largest absolute Gasteiger partial charge is 0.496 e. The Morgan fingerprint density at radius 3 is 2.73 bits per heavy atom. The maximum absolute atomic E-state index is 12.4. The van der Waals surface area contributed by atoms with Crippen molar-refractivity contribution in [2.24, 2.45) is 0 Å². The van der Waals surface area contributed by atoms with E-state index in [1.165, 1.54) is 0 Å². The highest BCUT2D eigenvalue weighted by Gasteiger charge is 2.09. The van der Waals surface area contributed by atoms with E-state index in [1.54, 1.807) is 19.3 Å². The zero-order chi connectivity index (χ0) is 15.9. The number of allylic oxidation sites excluding steroid dienone is 1. The summed E-state index contributed by atoms with van der Waals surface area (Å²) in [7, 11) is 1.57. The topological polar surface area (TPSA) is 35.5 Å². The molecule has 0 radical (unpaired) electrons. The number of benzene rings is 2. The summed E-state index contributed by atoms with van der Waals surface area (Å²) in [5, 5.41) is 0. The molecule has 114 valence electrons. The van der Waals surface area contributed by atoms with E-state index >= 15 is 0 Å². The molecule has 0 aromatic heterocycles. The molecule has 0 saturated carbocycles. The molecule has 2 aromatic carbocycles. The molecule has 0 heterocycles. The Morgan fingerprint density at radius 2 is 2.00 bits per heavy atom. The zero-order valence-electron chi connectivity index (χ0n) is 13.1. The van der Waals surface area contributed by atoms with Crippen LogP contribution < -0.4 is 9.47 Å². The summed E-state index contributed by atoms with van der Waals surface area (Å²) in [6, 6.07) is 13.2. The lowest BCUT2D eigenvalue weighted by Crippen LogP contribution is -1.99. The number of carbonyl (C=O) groups is 1. The molecule has 0 N–H and O–H groups in total. The van der Waals surface area contributed by atoms with Crippen LogP contribution in [0.5, 0.6) is 11.5 Å². The summed E-state index contributed by atoms with van der Waals surface area (Å²) >= 11 is 0. The Bertz CT molecular complexity index is 687. The van der Waals surface area contributed by atoms with Crippen molar-refractivity contribution in [3.05, 3.63) is 65.2 Å². The third-order valence-corrected chi connectivity index (χ3v) is 3.22. The fraction of sp³-hybridized carbons (Fsp3) is 0.211. The van der Waals surface area contributed by atoms with Gasteiger partial charge in [0.25, 0.3) is 0 Å². The van der Waals surface area contributed by atoms with Crippen LogP contribution in [0.25, 0.3) is 6.08 Å². The molecular weight excluding hydrogens is 276 g/mol. The fourth-order valence-corrected chi connectivity index (χ4v) is 2.15. The summed E-state index contributed by atoms with van der Waals surface area (Å²) in [5.74, 6) is 1.30. The number of carbonyl (C=O) groups excluding carboxylic acids is 1. The summed E-state index contributed by atoms with van der Waals surface area (Å²) in [4.78, 5) is 12.4. The molecule has 0 spiro atoms. The van der Waals surface area contributed by atoms with Crippen LogP contribution in [0.2, 0.25) is 0 Å². The zero-order valence-corrected chi connectivity index (χ0v) is 13.1. The molecule has 0 amide bonds. The molecule has 0 fully saturated rings. The van der Waals surface area contributed by atoms with E-state index in [4.69, 9.17) is 9.47 Å². The summed E-state index contributed by atoms with van der Waals surface area (Å²) in [6.45, 7) is 4.51. The van der Waals surface area contributed by atoms with E-state index in [2.05, 4.69) is 0 Å². The Hall–Kier alpha value is -2.55. The molecular formula is C19H20O3. The summed E-state index contributed by atoms with van der Waals surface area (Å²) < 4.78 is 10.7. The van der Waals surface area contributed by atoms with Crippen LogP contribution in [0.4, 0.5) is 0 Å². The Balaban J connectivity index is 2.21. The first-order valence-electron chi connectivity index (χ1n) is 7.24. The third kappa shape index (κ3) is 3.98. The van der Waals surface area contributed by atoms with Gasteiger partial charge in [-0.1, -0.05) is 29.8 Å². The van der Waals surface area contributed by atoms with Crippen molar-refractivity contribution in [3.8, 4) is 11.5 Å². The van der Waals surface area contributed by atoms with Gasteiger partial charge < -0.3 is 9.47 Å². The van der Waals surface area contributed by atoms with E-state index in [9.17, 15) is 4.79 Å². The first-order chi connectivity index (χ1) is 10.6. The molecule has 22 heavy (non-hydrogen) atoms. The number of rotatable bonds is 6. The predicted octanol–water partition coefficient (Wildman–Crippen LogP) is 4.30. The fourth-order valence-electron chi connectivity index (χ4n) is 2.15. The number of aryl methyl sites for hydroxylation is 1. The number of hydrogen-bond acceptors (Lipinski definition) is 3. The van der Waals surface area contributed by atoms with Gasteiger partial charge in [-0.3, -0.25) is 4.79 Å². The van der Waals surface area contributed by atoms with Crippen LogP contribution in [0.15, 0.2) is 48.5 Å². The molecule has 0 bridgehead atoms. The van der Waals surface area contributed by atoms with E-state index in [-0.39, 0.29) is 5.78 Å². The minimum atomic E-state index is -0.0811. The standard InChI is InChI=1S/C19H20O3/c1-4-22-16-7-5-6-15(13-16)9-10-18(20)17-12-14(2)8-11-19(17)21-3/h5-13H,4H2,1-3H3/b10-9+. The molecule has 2 aromatic rings. The van der Waals surface area contributed by atoms with Crippen LogP contribution in [0, 0.1) is 6.92 Å². The van der Waals surface area contributed by atoms with Crippen molar-refractivity contribution < 1.29 is 14.3 Å².